The van der Waals surface area contributed by atoms with Gasteiger partial charge in [-0.2, -0.15) is 0 Å². The second kappa shape index (κ2) is 44.3. The van der Waals surface area contributed by atoms with Gasteiger partial charge in [0.2, 0.25) is 0 Å². The van der Waals surface area contributed by atoms with E-state index in [2.05, 4.69) is 30.5 Å². The number of phosphoric acid groups is 1. The first-order chi connectivity index (χ1) is 27.8. The molecule has 0 fully saturated rings. The normalized spacial score (nSPS) is 12.4. The topological polar surface area (TPSA) is 119 Å². The van der Waals surface area contributed by atoms with Crippen molar-refractivity contribution in [2.24, 2.45) is 0 Å². The van der Waals surface area contributed by atoms with E-state index < -0.39 is 32.5 Å². The number of carbonyl (C=O) groups is 2. The van der Waals surface area contributed by atoms with Crippen molar-refractivity contribution in [3.8, 4) is 0 Å². The first-order valence-corrected chi connectivity index (χ1v) is 26.0. The van der Waals surface area contributed by atoms with Crippen LogP contribution in [-0.2, 0) is 28.2 Å². The summed E-state index contributed by atoms with van der Waals surface area (Å²) in [6.07, 6.45) is 50.9. The van der Waals surface area contributed by atoms with Gasteiger partial charge >= 0.3 is 19.8 Å². The number of hydrogen-bond acceptors (Lipinski definition) is 6. The minimum atomic E-state index is -4.75. The van der Waals surface area contributed by atoms with E-state index in [0.717, 1.165) is 44.9 Å². The molecule has 0 rings (SSSR count). The molecular weight excluding hydrogens is 735 g/mol. The summed E-state index contributed by atoms with van der Waals surface area (Å²) in [4.78, 5) is 43.0. The average Bonchev–Trinajstić information content (AvgIpc) is 3.18. The Morgan fingerprint density at radius 1 is 0.439 bits per heavy atom. The summed E-state index contributed by atoms with van der Waals surface area (Å²) in [6, 6.07) is 0. The zero-order chi connectivity index (χ0) is 41.8. The van der Waals surface area contributed by atoms with Crippen LogP contribution in [0, 0.1) is 0 Å². The van der Waals surface area contributed by atoms with E-state index in [9.17, 15) is 14.2 Å². The Morgan fingerprint density at radius 3 is 1.07 bits per heavy atom. The molecule has 0 aromatic rings. The highest BCUT2D eigenvalue weighted by atomic mass is 31.2. The van der Waals surface area contributed by atoms with Crippen LogP contribution in [0.4, 0.5) is 0 Å². The maximum Gasteiger partial charge on any atom is 0.469 e. The molecule has 0 saturated carbocycles. The molecule has 0 aliphatic heterocycles. The van der Waals surface area contributed by atoms with Gasteiger partial charge in [0.05, 0.1) is 6.61 Å². The van der Waals surface area contributed by atoms with Gasteiger partial charge < -0.3 is 19.3 Å². The summed E-state index contributed by atoms with van der Waals surface area (Å²) < 4.78 is 26.5. The number of allylic oxidation sites excluding steroid dienone is 2. The van der Waals surface area contributed by atoms with E-state index in [0.29, 0.717) is 6.42 Å². The minimum Gasteiger partial charge on any atom is -0.462 e. The molecule has 0 unspecified atom stereocenters. The number of rotatable bonds is 46. The first-order valence-electron chi connectivity index (χ1n) is 24.5. The second-order valence-electron chi connectivity index (χ2n) is 16.8. The molecule has 0 aliphatic rings. The van der Waals surface area contributed by atoms with Crippen LogP contribution in [0.3, 0.4) is 0 Å². The van der Waals surface area contributed by atoms with Crippen molar-refractivity contribution < 1.29 is 37.9 Å². The maximum absolute atomic E-state index is 12.4. The fourth-order valence-corrected chi connectivity index (χ4v) is 7.73. The van der Waals surface area contributed by atoms with Crippen LogP contribution in [0.1, 0.15) is 264 Å². The van der Waals surface area contributed by atoms with Gasteiger partial charge in [-0.1, -0.05) is 225 Å². The molecule has 8 nitrogen and oxygen atoms in total. The van der Waals surface area contributed by atoms with Crippen molar-refractivity contribution in [3.05, 3.63) is 12.2 Å². The maximum atomic E-state index is 12.4. The summed E-state index contributed by atoms with van der Waals surface area (Å²) in [6.45, 7) is 3.73. The van der Waals surface area contributed by atoms with Gasteiger partial charge in [0.25, 0.3) is 0 Å². The summed E-state index contributed by atoms with van der Waals surface area (Å²) >= 11 is 0. The SMILES string of the molecule is CCCCCCCC/C=C/CCCCCCCCCC(=O)O[C@H](COC(=O)CCCCCCCCCCCCCCCCCCCCCCCC)COP(=O)(O)O. The molecule has 0 amide bonds. The zero-order valence-electron chi connectivity index (χ0n) is 37.5. The molecule has 0 radical (unpaired) electrons. The van der Waals surface area contributed by atoms with Crippen molar-refractivity contribution >= 4 is 19.8 Å². The summed E-state index contributed by atoms with van der Waals surface area (Å²) in [5, 5.41) is 0. The largest absolute Gasteiger partial charge is 0.469 e. The molecule has 57 heavy (non-hydrogen) atoms. The van der Waals surface area contributed by atoms with Crippen molar-refractivity contribution in [1.29, 1.82) is 0 Å². The van der Waals surface area contributed by atoms with Crippen LogP contribution in [0.2, 0.25) is 0 Å². The van der Waals surface area contributed by atoms with Gasteiger partial charge in [-0.25, -0.2) is 4.57 Å². The lowest BCUT2D eigenvalue weighted by atomic mass is 10.0. The second-order valence-corrected chi connectivity index (χ2v) is 18.0. The molecule has 9 heteroatoms. The Hall–Kier alpha value is -1.21. The lowest BCUT2D eigenvalue weighted by Crippen LogP contribution is -2.29. The number of carbonyl (C=O) groups excluding carboxylic acids is 2. The number of hydrogen-bond donors (Lipinski definition) is 2. The molecule has 0 aromatic heterocycles. The highest BCUT2D eigenvalue weighted by molar-refractivity contribution is 7.46. The Labute approximate surface area is 352 Å². The molecule has 338 valence electrons. The van der Waals surface area contributed by atoms with Crippen LogP contribution < -0.4 is 0 Å². The van der Waals surface area contributed by atoms with Crippen LogP contribution in [0.15, 0.2) is 12.2 Å². The molecular formula is C48H93O8P. The van der Waals surface area contributed by atoms with Crippen molar-refractivity contribution in [2.45, 2.75) is 270 Å². The fourth-order valence-electron chi connectivity index (χ4n) is 7.37. The summed E-state index contributed by atoms with van der Waals surface area (Å²) in [5.74, 6) is -0.873. The molecule has 1 atom stereocenters. The van der Waals surface area contributed by atoms with Gasteiger partial charge in [0, 0.05) is 12.8 Å². The lowest BCUT2D eigenvalue weighted by Gasteiger charge is -2.18. The summed E-state index contributed by atoms with van der Waals surface area (Å²) in [7, 11) is -4.75. The fraction of sp³-hybridized carbons (Fsp3) is 0.917. The van der Waals surface area contributed by atoms with Crippen molar-refractivity contribution in [1.82, 2.24) is 0 Å². The Kier molecular flexibility index (Phi) is 43.4. The highest BCUT2D eigenvalue weighted by Gasteiger charge is 2.23. The Bertz CT molecular complexity index is 935. The number of esters is 2. The molecule has 0 heterocycles. The Morgan fingerprint density at radius 2 is 0.737 bits per heavy atom. The average molecular weight is 829 g/mol. The number of phosphoric ester groups is 1. The van der Waals surface area contributed by atoms with Crippen molar-refractivity contribution in [2.75, 3.05) is 13.2 Å². The van der Waals surface area contributed by atoms with Gasteiger partial charge in [-0.3, -0.25) is 14.1 Å². The predicted octanol–water partition coefficient (Wildman–Crippen LogP) is 15.4. The third kappa shape index (κ3) is 47.3. The van der Waals surface area contributed by atoms with Gasteiger partial charge in [0.15, 0.2) is 6.10 Å². The van der Waals surface area contributed by atoms with E-state index in [1.54, 1.807) is 0 Å². The lowest BCUT2D eigenvalue weighted by molar-refractivity contribution is -0.161. The van der Waals surface area contributed by atoms with Gasteiger partial charge in [-0.05, 0) is 38.5 Å². The minimum absolute atomic E-state index is 0.212. The van der Waals surface area contributed by atoms with Gasteiger partial charge in [-0.15, -0.1) is 0 Å². The monoisotopic (exact) mass is 829 g/mol. The first kappa shape index (κ1) is 55.8. The van der Waals surface area contributed by atoms with Crippen LogP contribution in [0.25, 0.3) is 0 Å². The molecule has 0 bridgehead atoms. The van der Waals surface area contributed by atoms with Crippen molar-refractivity contribution in [3.63, 3.8) is 0 Å². The van der Waals surface area contributed by atoms with Crippen LogP contribution >= 0.6 is 7.82 Å². The van der Waals surface area contributed by atoms with Gasteiger partial charge in [0.1, 0.15) is 6.61 Å². The van der Waals surface area contributed by atoms with E-state index >= 15 is 0 Å². The molecule has 0 saturated heterocycles. The van der Waals surface area contributed by atoms with E-state index in [1.807, 2.05) is 0 Å². The number of ether oxygens (including phenoxy) is 2. The predicted molar refractivity (Wildman–Crippen MR) is 239 cm³/mol. The zero-order valence-corrected chi connectivity index (χ0v) is 38.4. The third-order valence-electron chi connectivity index (χ3n) is 11.0. The summed E-state index contributed by atoms with van der Waals surface area (Å²) in [5.41, 5.74) is 0. The highest BCUT2D eigenvalue weighted by Crippen LogP contribution is 2.36. The molecule has 0 aliphatic carbocycles. The van der Waals surface area contributed by atoms with E-state index in [4.69, 9.17) is 19.3 Å². The quantitative estimate of drug-likeness (QED) is 0.0269. The van der Waals surface area contributed by atoms with E-state index in [1.165, 1.54) is 186 Å². The number of unbranched alkanes of at least 4 members (excludes halogenated alkanes) is 34. The van der Waals surface area contributed by atoms with Crippen LogP contribution in [-0.4, -0.2) is 41.0 Å². The standard InChI is InChI=1S/C48H93O8P/c1-3-5-7-9-11-13-15-17-19-21-22-23-24-25-27-28-30-32-34-36-38-40-42-47(49)54-44-46(45-55-57(51,52)53)56-48(50)43-41-39-37-35-33-31-29-26-20-18-16-14-12-10-8-6-4-2/h18,20,46H,3-17,19,21-45H2,1-2H3,(H2,51,52,53)/b20-18+/t46-/m1/s1. The smallest absolute Gasteiger partial charge is 0.462 e. The molecule has 2 N–H and O–H groups in total. The van der Waals surface area contributed by atoms with E-state index in [-0.39, 0.29) is 19.4 Å². The Balaban J connectivity index is 3.79. The van der Waals surface area contributed by atoms with Crippen LogP contribution in [0.5, 0.6) is 0 Å². The molecule has 0 aromatic carbocycles. The molecule has 0 spiro atoms. The third-order valence-corrected chi connectivity index (χ3v) is 11.5.